The van der Waals surface area contributed by atoms with Crippen molar-refractivity contribution in [3.8, 4) is 0 Å². The van der Waals surface area contributed by atoms with Gasteiger partial charge in [0, 0.05) is 38.8 Å². The highest BCUT2D eigenvalue weighted by Crippen LogP contribution is 2.27. The van der Waals surface area contributed by atoms with Crippen LogP contribution in [0.4, 0.5) is 5.69 Å². The van der Waals surface area contributed by atoms with Crippen LogP contribution in [-0.2, 0) is 19.4 Å². The standard InChI is InChI=1S/C16H22N6.HI/c1-3-15-20-19-12-21(15)11-9-18-16(17-2)22-10-8-13-6-4-5-7-14(13)22;/h4-7,12H,3,8-11H2,1-2H3,(H,17,18);1H. The lowest BCUT2D eigenvalue weighted by atomic mass is 10.2. The van der Waals surface area contributed by atoms with Crippen molar-refractivity contribution in [3.63, 3.8) is 0 Å². The summed E-state index contributed by atoms with van der Waals surface area (Å²) in [4.78, 5) is 6.67. The molecule has 0 fully saturated rings. The van der Waals surface area contributed by atoms with Crippen LogP contribution in [0.2, 0.25) is 0 Å². The molecule has 7 heteroatoms. The summed E-state index contributed by atoms with van der Waals surface area (Å²) < 4.78 is 2.08. The molecule has 0 atom stereocenters. The molecule has 1 aromatic heterocycles. The molecule has 1 aliphatic rings. The van der Waals surface area contributed by atoms with Gasteiger partial charge in [0.2, 0.25) is 0 Å². The van der Waals surface area contributed by atoms with Gasteiger partial charge in [0.05, 0.1) is 0 Å². The highest BCUT2D eigenvalue weighted by atomic mass is 127. The molecular weight excluding hydrogens is 403 g/mol. The molecule has 1 N–H and O–H groups in total. The third-order valence-electron chi connectivity index (χ3n) is 4.00. The van der Waals surface area contributed by atoms with Crippen LogP contribution in [-0.4, -0.2) is 40.9 Å². The highest BCUT2D eigenvalue weighted by Gasteiger charge is 2.22. The van der Waals surface area contributed by atoms with Gasteiger partial charge < -0.3 is 14.8 Å². The first-order valence-corrected chi connectivity index (χ1v) is 7.76. The smallest absolute Gasteiger partial charge is 0.198 e. The minimum Gasteiger partial charge on any atom is -0.354 e. The Hall–Kier alpha value is -1.64. The second-order valence-electron chi connectivity index (χ2n) is 5.30. The Kier molecular flexibility index (Phi) is 6.37. The topological polar surface area (TPSA) is 58.3 Å². The Bertz CT molecular complexity index is 666. The van der Waals surface area contributed by atoms with E-state index in [1.54, 1.807) is 6.33 Å². The number of nitrogens with zero attached hydrogens (tertiary/aromatic N) is 5. The molecular formula is C16H23IN6. The molecule has 2 heterocycles. The Balaban J connectivity index is 0.00000192. The van der Waals surface area contributed by atoms with Crippen molar-refractivity contribution >= 4 is 35.6 Å². The molecule has 0 saturated heterocycles. The molecule has 0 amide bonds. The van der Waals surface area contributed by atoms with E-state index in [0.717, 1.165) is 44.3 Å². The number of anilines is 1. The highest BCUT2D eigenvalue weighted by molar-refractivity contribution is 14.0. The SMILES string of the molecule is CCc1nncn1CCNC(=NC)N1CCc2ccccc21.I. The fourth-order valence-corrected chi connectivity index (χ4v) is 2.88. The van der Waals surface area contributed by atoms with Crippen molar-refractivity contribution in [3.05, 3.63) is 42.0 Å². The number of aromatic nitrogens is 3. The van der Waals surface area contributed by atoms with Gasteiger partial charge in [-0.2, -0.15) is 0 Å². The van der Waals surface area contributed by atoms with Gasteiger partial charge in [-0.15, -0.1) is 34.2 Å². The fraction of sp³-hybridized carbons (Fsp3) is 0.438. The lowest BCUT2D eigenvalue weighted by molar-refractivity contribution is 0.637. The van der Waals surface area contributed by atoms with Gasteiger partial charge in [0.15, 0.2) is 5.96 Å². The summed E-state index contributed by atoms with van der Waals surface area (Å²) in [6, 6.07) is 8.52. The van der Waals surface area contributed by atoms with Gasteiger partial charge in [0.25, 0.3) is 0 Å². The van der Waals surface area contributed by atoms with Gasteiger partial charge in [0.1, 0.15) is 12.2 Å². The molecule has 2 aromatic rings. The minimum absolute atomic E-state index is 0. The zero-order chi connectivity index (χ0) is 15.4. The third kappa shape index (κ3) is 3.82. The van der Waals surface area contributed by atoms with Crippen LogP contribution in [0.1, 0.15) is 18.3 Å². The van der Waals surface area contributed by atoms with Crippen molar-refractivity contribution in [1.82, 2.24) is 20.1 Å². The van der Waals surface area contributed by atoms with E-state index >= 15 is 0 Å². The maximum Gasteiger partial charge on any atom is 0.198 e. The maximum absolute atomic E-state index is 4.42. The molecule has 0 bridgehead atoms. The van der Waals surface area contributed by atoms with Crippen LogP contribution in [0, 0.1) is 0 Å². The Morgan fingerprint density at radius 3 is 2.96 bits per heavy atom. The second kappa shape index (κ2) is 8.28. The van der Waals surface area contributed by atoms with Crippen LogP contribution < -0.4 is 10.2 Å². The summed E-state index contributed by atoms with van der Waals surface area (Å²) >= 11 is 0. The van der Waals surface area contributed by atoms with Crippen molar-refractivity contribution in [1.29, 1.82) is 0 Å². The summed E-state index contributed by atoms with van der Waals surface area (Å²) in [6.45, 7) is 4.71. The number of para-hydroxylation sites is 1. The van der Waals surface area contributed by atoms with E-state index in [9.17, 15) is 0 Å². The predicted molar refractivity (Wildman–Crippen MR) is 104 cm³/mol. The number of rotatable bonds is 4. The number of fused-ring (bicyclic) bond motifs is 1. The summed E-state index contributed by atoms with van der Waals surface area (Å²) in [5.74, 6) is 1.94. The largest absolute Gasteiger partial charge is 0.354 e. The van der Waals surface area contributed by atoms with Crippen molar-refractivity contribution < 1.29 is 0 Å². The third-order valence-corrected chi connectivity index (χ3v) is 4.00. The molecule has 1 aromatic carbocycles. The summed E-state index contributed by atoms with van der Waals surface area (Å²) in [5, 5.41) is 11.5. The normalized spacial score (nSPS) is 13.7. The summed E-state index contributed by atoms with van der Waals surface area (Å²) in [7, 11) is 1.83. The number of hydrogen-bond acceptors (Lipinski definition) is 3. The number of aryl methyl sites for hydroxylation is 1. The first-order chi connectivity index (χ1) is 10.8. The van der Waals surface area contributed by atoms with Crippen LogP contribution >= 0.6 is 24.0 Å². The van der Waals surface area contributed by atoms with Crippen molar-refractivity contribution in [2.75, 3.05) is 25.0 Å². The van der Waals surface area contributed by atoms with E-state index in [1.165, 1.54) is 11.3 Å². The monoisotopic (exact) mass is 426 g/mol. The first-order valence-electron chi connectivity index (χ1n) is 7.76. The molecule has 0 aliphatic carbocycles. The van der Waals surface area contributed by atoms with Gasteiger partial charge >= 0.3 is 0 Å². The molecule has 0 unspecified atom stereocenters. The van der Waals surface area contributed by atoms with E-state index in [2.05, 4.69) is 61.2 Å². The van der Waals surface area contributed by atoms with Crippen LogP contribution in [0.3, 0.4) is 0 Å². The molecule has 0 spiro atoms. The molecule has 6 nitrogen and oxygen atoms in total. The van der Waals surface area contributed by atoms with Gasteiger partial charge in [-0.25, -0.2) is 0 Å². The summed E-state index contributed by atoms with van der Waals surface area (Å²) in [6.07, 6.45) is 3.75. The number of halogens is 1. The average Bonchev–Trinajstić information content (AvgIpc) is 3.18. The molecule has 1 aliphatic heterocycles. The summed E-state index contributed by atoms with van der Waals surface area (Å²) in [5.41, 5.74) is 2.65. The Morgan fingerprint density at radius 2 is 2.17 bits per heavy atom. The fourth-order valence-electron chi connectivity index (χ4n) is 2.88. The number of hydrogen-bond donors (Lipinski definition) is 1. The molecule has 124 valence electrons. The van der Waals surface area contributed by atoms with E-state index in [-0.39, 0.29) is 24.0 Å². The predicted octanol–water partition coefficient (Wildman–Crippen LogP) is 2.10. The van der Waals surface area contributed by atoms with Gasteiger partial charge in [-0.1, -0.05) is 25.1 Å². The minimum atomic E-state index is 0. The lowest BCUT2D eigenvalue weighted by Crippen LogP contribution is -2.41. The number of aliphatic imine (C=N–C) groups is 1. The molecule has 3 rings (SSSR count). The van der Waals surface area contributed by atoms with E-state index < -0.39 is 0 Å². The zero-order valence-electron chi connectivity index (χ0n) is 13.6. The maximum atomic E-state index is 4.42. The Morgan fingerprint density at radius 1 is 1.35 bits per heavy atom. The Labute approximate surface area is 154 Å². The van der Waals surface area contributed by atoms with Crippen LogP contribution in [0.15, 0.2) is 35.6 Å². The average molecular weight is 426 g/mol. The van der Waals surface area contributed by atoms with Crippen LogP contribution in [0.5, 0.6) is 0 Å². The van der Waals surface area contributed by atoms with Gasteiger partial charge in [-0.3, -0.25) is 4.99 Å². The zero-order valence-corrected chi connectivity index (χ0v) is 15.9. The number of nitrogens with one attached hydrogen (secondary N) is 1. The second-order valence-corrected chi connectivity index (χ2v) is 5.30. The molecule has 0 radical (unpaired) electrons. The first kappa shape index (κ1) is 17.7. The quantitative estimate of drug-likeness (QED) is 0.462. The lowest BCUT2D eigenvalue weighted by Gasteiger charge is -2.22. The van der Waals surface area contributed by atoms with Crippen molar-refractivity contribution in [2.45, 2.75) is 26.3 Å². The number of guanidine groups is 1. The van der Waals surface area contributed by atoms with E-state index in [4.69, 9.17) is 0 Å². The van der Waals surface area contributed by atoms with Gasteiger partial charge in [-0.05, 0) is 18.1 Å². The van der Waals surface area contributed by atoms with Crippen molar-refractivity contribution in [2.24, 2.45) is 4.99 Å². The molecule has 0 saturated carbocycles. The van der Waals surface area contributed by atoms with E-state index in [1.807, 2.05) is 7.05 Å². The number of benzene rings is 1. The van der Waals surface area contributed by atoms with Crippen LogP contribution in [0.25, 0.3) is 0 Å². The van der Waals surface area contributed by atoms with E-state index in [0.29, 0.717) is 0 Å². The molecule has 23 heavy (non-hydrogen) atoms.